The predicted octanol–water partition coefficient (Wildman–Crippen LogP) is 3.06. The lowest BCUT2D eigenvalue weighted by molar-refractivity contribution is -0.387. The Balaban J connectivity index is 3.49. The van der Waals surface area contributed by atoms with Gasteiger partial charge in [0.15, 0.2) is 0 Å². The molecule has 0 spiro atoms. The number of aryl methyl sites for hydroxylation is 1. The molecule has 0 N–H and O–H groups in total. The smallest absolute Gasteiger partial charge is 0.258 e. The molecule has 0 aromatic heterocycles. The molecule has 15 heavy (non-hydrogen) atoms. The first-order valence-electron chi connectivity index (χ1n) is 3.75. The van der Waals surface area contributed by atoms with Crippen LogP contribution in [0.2, 0.25) is 0 Å². The van der Waals surface area contributed by atoms with Gasteiger partial charge in [-0.1, -0.05) is 0 Å². The molecule has 1 aromatic carbocycles. The first kappa shape index (κ1) is 11.4. The van der Waals surface area contributed by atoms with Crippen molar-refractivity contribution in [3.63, 3.8) is 0 Å². The topological polar surface area (TPSA) is 43.1 Å². The molecule has 3 nitrogen and oxygen atoms in total. The van der Waals surface area contributed by atoms with Gasteiger partial charge in [-0.15, -0.1) is 0 Å². The first-order chi connectivity index (χ1) is 6.73. The van der Waals surface area contributed by atoms with Gasteiger partial charge >= 0.3 is 11.9 Å². The Labute approximate surface area is 81.5 Å². The summed E-state index contributed by atoms with van der Waals surface area (Å²) < 4.78 is 49.7. The molecule has 0 atom stereocenters. The second-order valence-electron chi connectivity index (χ2n) is 2.90. The van der Waals surface area contributed by atoms with Crippen molar-refractivity contribution in [2.45, 2.75) is 13.1 Å². The molecule has 0 aliphatic carbocycles. The number of hydrogen-bond acceptors (Lipinski definition) is 2. The van der Waals surface area contributed by atoms with Gasteiger partial charge in [0, 0.05) is 6.07 Å². The van der Waals surface area contributed by atoms with Crippen LogP contribution in [-0.2, 0) is 6.18 Å². The third kappa shape index (κ3) is 2.23. The highest BCUT2D eigenvalue weighted by molar-refractivity contribution is 5.42. The van der Waals surface area contributed by atoms with Gasteiger partial charge in [0.05, 0.1) is 10.5 Å². The van der Waals surface area contributed by atoms with E-state index in [-0.39, 0.29) is 5.56 Å². The van der Waals surface area contributed by atoms with E-state index in [1.165, 1.54) is 6.92 Å². The molecule has 0 amide bonds. The van der Waals surface area contributed by atoms with Gasteiger partial charge in [-0.3, -0.25) is 10.1 Å². The largest absolute Gasteiger partial charge is 0.419 e. The predicted molar refractivity (Wildman–Crippen MR) is 42.8 cm³/mol. The SMILES string of the molecule is Cc1cc([N+](=O)[O-])c(F)c(C(F)(F)F)c1. The number of nitro benzene ring substituents is 1. The minimum absolute atomic E-state index is 0.0181. The Hall–Kier alpha value is -1.66. The molecule has 0 aliphatic heterocycles. The van der Waals surface area contributed by atoms with Crippen molar-refractivity contribution < 1.29 is 22.5 Å². The second-order valence-corrected chi connectivity index (χ2v) is 2.90. The second kappa shape index (κ2) is 3.48. The van der Waals surface area contributed by atoms with Crippen molar-refractivity contribution in [1.29, 1.82) is 0 Å². The summed E-state index contributed by atoms with van der Waals surface area (Å²) in [6.07, 6.45) is -4.93. The Bertz CT molecular complexity index is 414. The van der Waals surface area contributed by atoms with Gasteiger partial charge in [0.2, 0.25) is 5.82 Å². The lowest BCUT2D eigenvalue weighted by atomic mass is 10.1. The molecule has 0 saturated heterocycles. The molecular weight excluding hydrogens is 218 g/mol. The summed E-state index contributed by atoms with van der Waals surface area (Å²) in [5.74, 6) is -1.85. The molecule has 1 aromatic rings. The summed E-state index contributed by atoms with van der Waals surface area (Å²) in [6, 6.07) is 1.28. The lowest BCUT2D eigenvalue weighted by Crippen LogP contribution is -2.10. The first-order valence-corrected chi connectivity index (χ1v) is 3.75. The quantitative estimate of drug-likeness (QED) is 0.417. The standard InChI is InChI=1S/C8H5F4NO2/c1-4-2-5(8(10,11)12)7(9)6(3-4)13(14)15/h2-3H,1H3. The van der Waals surface area contributed by atoms with Crippen molar-refractivity contribution in [3.8, 4) is 0 Å². The normalized spacial score (nSPS) is 11.5. The van der Waals surface area contributed by atoms with Crippen LogP contribution in [0.4, 0.5) is 23.2 Å². The molecule has 82 valence electrons. The highest BCUT2D eigenvalue weighted by atomic mass is 19.4. The summed E-state index contributed by atoms with van der Waals surface area (Å²) >= 11 is 0. The Kier molecular flexibility index (Phi) is 2.65. The molecule has 0 saturated carbocycles. The van der Waals surface area contributed by atoms with Crippen molar-refractivity contribution in [3.05, 3.63) is 39.2 Å². The van der Waals surface area contributed by atoms with Crippen LogP contribution in [0.25, 0.3) is 0 Å². The number of halogens is 4. The molecular formula is C8H5F4NO2. The van der Waals surface area contributed by atoms with Crippen LogP contribution in [0, 0.1) is 22.9 Å². The number of nitro groups is 1. The molecule has 0 aliphatic rings. The van der Waals surface area contributed by atoms with E-state index < -0.39 is 28.2 Å². The Morgan fingerprint density at radius 1 is 1.33 bits per heavy atom. The van der Waals surface area contributed by atoms with E-state index in [0.29, 0.717) is 6.07 Å². The summed E-state index contributed by atoms with van der Waals surface area (Å²) in [5, 5.41) is 10.3. The zero-order chi connectivity index (χ0) is 11.8. The maximum Gasteiger partial charge on any atom is 0.419 e. The van der Waals surface area contributed by atoms with Gasteiger partial charge in [0.25, 0.3) is 0 Å². The van der Waals surface area contributed by atoms with Gasteiger partial charge in [-0.25, -0.2) is 0 Å². The van der Waals surface area contributed by atoms with Crippen molar-refractivity contribution in [2.24, 2.45) is 0 Å². The fraction of sp³-hybridized carbons (Fsp3) is 0.250. The van der Waals surface area contributed by atoms with Gasteiger partial charge < -0.3 is 0 Å². The van der Waals surface area contributed by atoms with E-state index in [0.717, 1.165) is 6.07 Å². The van der Waals surface area contributed by atoms with E-state index in [4.69, 9.17) is 0 Å². The summed E-state index contributed by atoms with van der Waals surface area (Å²) in [6.45, 7) is 1.22. The number of nitrogens with zero attached hydrogens (tertiary/aromatic N) is 1. The third-order valence-corrected chi connectivity index (χ3v) is 1.70. The molecule has 0 bridgehead atoms. The summed E-state index contributed by atoms with van der Waals surface area (Å²) in [7, 11) is 0. The maximum atomic E-state index is 13.0. The average Bonchev–Trinajstić information content (AvgIpc) is 2.06. The van der Waals surface area contributed by atoms with Crippen LogP contribution in [-0.4, -0.2) is 4.92 Å². The van der Waals surface area contributed by atoms with E-state index >= 15 is 0 Å². The molecule has 1 rings (SSSR count). The van der Waals surface area contributed by atoms with E-state index in [9.17, 15) is 27.7 Å². The molecule has 0 fully saturated rings. The fourth-order valence-corrected chi connectivity index (χ4v) is 1.09. The Morgan fingerprint density at radius 3 is 2.27 bits per heavy atom. The molecule has 0 heterocycles. The van der Waals surface area contributed by atoms with E-state index in [1.54, 1.807) is 0 Å². The summed E-state index contributed by atoms with van der Waals surface area (Å²) in [5.41, 5.74) is -2.80. The van der Waals surface area contributed by atoms with Crippen LogP contribution in [0.15, 0.2) is 12.1 Å². The zero-order valence-corrected chi connectivity index (χ0v) is 7.43. The lowest BCUT2D eigenvalue weighted by Gasteiger charge is -2.08. The number of benzene rings is 1. The van der Waals surface area contributed by atoms with E-state index in [1.807, 2.05) is 0 Å². The highest BCUT2D eigenvalue weighted by Gasteiger charge is 2.37. The van der Waals surface area contributed by atoms with Crippen LogP contribution in [0.1, 0.15) is 11.1 Å². The minimum atomic E-state index is -4.93. The average molecular weight is 223 g/mol. The minimum Gasteiger partial charge on any atom is -0.258 e. The Morgan fingerprint density at radius 2 is 1.87 bits per heavy atom. The maximum absolute atomic E-state index is 13.0. The highest BCUT2D eigenvalue weighted by Crippen LogP contribution is 2.35. The van der Waals surface area contributed by atoms with Gasteiger partial charge in [-0.05, 0) is 18.6 Å². The van der Waals surface area contributed by atoms with Crippen molar-refractivity contribution >= 4 is 5.69 Å². The zero-order valence-electron chi connectivity index (χ0n) is 7.43. The summed E-state index contributed by atoms with van der Waals surface area (Å²) in [4.78, 5) is 9.07. The van der Waals surface area contributed by atoms with Crippen LogP contribution in [0.5, 0.6) is 0 Å². The van der Waals surface area contributed by atoms with Crippen molar-refractivity contribution in [1.82, 2.24) is 0 Å². The fourth-order valence-electron chi connectivity index (χ4n) is 1.09. The van der Waals surface area contributed by atoms with Crippen LogP contribution < -0.4 is 0 Å². The number of alkyl halides is 3. The monoisotopic (exact) mass is 223 g/mol. The van der Waals surface area contributed by atoms with Gasteiger partial charge in [-0.2, -0.15) is 17.6 Å². The molecule has 7 heteroatoms. The number of hydrogen-bond donors (Lipinski definition) is 0. The van der Waals surface area contributed by atoms with Crippen molar-refractivity contribution in [2.75, 3.05) is 0 Å². The number of rotatable bonds is 1. The van der Waals surface area contributed by atoms with Gasteiger partial charge in [0.1, 0.15) is 0 Å². The van der Waals surface area contributed by atoms with E-state index in [2.05, 4.69) is 0 Å². The van der Waals surface area contributed by atoms with Crippen LogP contribution >= 0.6 is 0 Å². The molecule has 0 radical (unpaired) electrons. The van der Waals surface area contributed by atoms with Crippen LogP contribution in [0.3, 0.4) is 0 Å². The molecule has 0 unspecified atom stereocenters. The third-order valence-electron chi connectivity index (χ3n) is 1.70.